The maximum atomic E-state index is 8.43. The zero-order valence-corrected chi connectivity index (χ0v) is 8.17. The van der Waals surface area contributed by atoms with E-state index in [9.17, 15) is 0 Å². The topological polar surface area (TPSA) is 79.7 Å². The minimum Gasteiger partial charge on any atom is -0.330 e. The molecule has 5 heteroatoms. The molecule has 0 saturated heterocycles. The second kappa shape index (κ2) is 4.04. The molecular formula is C10H11N5. The highest BCUT2D eigenvalue weighted by molar-refractivity contribution is 5.83. The van der Waals surface area contributed by atoms with E-state index < -0.39 is 0 Å². The van der Waals surface area contributed by atoms with Gasteiger partial charge in [-0.3, -0.25) is 0 Å². The van der Waals surface area contributed by atoms with Crippen LogP contribution in [0.1, 0.15) is 5.56 Å². The van der Waals surface area contributed by atoms with Crippen molar-refractivity contribution in [3.8, 4) is 0 Å². The largest absolute Gasteiger partial charge is 0.330 e. The third-order valence-electron chi connectivity index (χ3n) is 2.32. The number of azide groups is 1. The van der Waals surface area contributed by atoms with E-state index in [-0.39, 0.29) is 0 Å². The van der Waals surface area contributed by atoms with Crippen LogP contribution in [0.5, 0.6) is 0 Å². The maximum Gasteiger partial charge on any atom is 0.143 e. The van der Waals surface area contributed by atoms with E-state index in [2.05, 4.69) is 10.1 Å². The summed E-state index contributed by atoms with van der Waals surface area (Å²) in [6, 6.07) is 7.80. The summed E-state index contributed by atoms with van der Waals surface area (Å²) < 4.78 is 1.54. The van der Waals surface area contributed by atoms with E-state index in [0.717, 1.165) is 22.9 Å². The average molecular weight is 201 g/mol. The van der Waals surface area contributed by atoms with E-state index in [4.69, 9.17) is 11.3 Å². The minimum absolute atomic E-state index is 0.588. The Morgan fingerprint density at radius 1 is 1.40 bits per heavy atom. The molecule has 2 N–H and O–H groups in total. The molecule has 0 radical (unpaired) electrons. The minimum atomic E-state index is 0.588. The molecule has 0 aliphatic heterocycles. The highest BCUT2D eigenvalue weighted by Crippen LogP contribution is 2.21. The van der Waals surface area contributed by atoms with Gasteiger partial charge in [-0.15, -0.1) is 5.53 Å². The molecule has 1 heterocycles. The standard InChI is InChI=1S/C10H11N5/c11-6-5-8-7-15(14-13-12)10-4-2-1-3-9(8)10/h1-4,7H,5-6,11H2. The third kappa shape index (κ3) is 1.66. The van der Waals surface area contributed by atoms with Gasteiger partial charge in [0.1, 0.15) is 11.7 Å². The Hall–Kier alpha value is -1.97. The Balaban J connectivity index is 2.67. The molecule has 76 valence electrons. The highest BCUT2D eigenvalue weighted by atomic mass is 15.5. The molecule has 0 aliphatic carbocycles. The van der Waals surface area contributed by atoms with Crippen molar-refractivity contribution in [1.29, 1.82) is 0 Å². The number of hydrogen-bond donors (Lipinski definition) is 1. The molecule has 0 unspecified atom stereocenters. The van der Waals surface area contributed by atoms with Crippen molar-refractivity contribution in [3.05, 3.63) is 46.5 Å². The van der Waals surface area contributed by atoms with Gasteiger partial charge in [0.15, 0.2) is 0 Å². The van der Waals surface area contributed by atoms with E-state index in [0.29, 0.717) is 6.54 Å². The van der Waals surface area contributed by atoms with Gasteiger partial charge in [0.25, 0.3) is 0 Å². The van der Waals surface area contributed by atoms with E-state index in [1.54, 1.807) is 4.68 Å². The number of nitrogens with two attached hydrogens (primary N) is 1. The van der Waals surface area contributed by atoms with Crippen molar-refractivity contribution < 1.29 is 0 Å². The molecule has 0 aliphatic rings. The van der Waals surface area contributed by atoms with Crippen molar-refractivity contribution in [2.75, 3.05) is 6.54 Å². The lowest BCUT2D eigenvalue weighted by Gasteiger charge is -1.91. The van der Waals surface area contributed by atoms with E-state index in [1.807, 2.05) is 30.5 Å². The van der Waals surface area contributed by atoms with Gasteiger partial charge in [0, 0.05) is 10.9 Å². The fourth-order valence-corrected chi connectivity index (χ4v) is 1.70. The number of fused-ring (bicyclic) bond motifs is 1. The lowest BCUT2D eigenvalue weighted by Crippen LogP contribution is -2.01. The first-order valence-corrected chi connectivity index (χ1v) is 4.71. The molecule has 0 bridgehead atoms. The molecule has 2 rings (SSSR count). The molecule has 5 nitrogen and oxygen atoms in total. The van der Waals surface area contributed by atoms with Crippen LogP contribution in [0.25, 0.3) is 21.3 Å². The second-order valence-electron chi connectivity index (χ2n) is 3.23. The Morgan fingerprint density at radius 3 is 2.93 bits per heavy atom. The van der Waals surface area contributed by atoms with Crippen molar-refractivity contribution in [2.24, 2.45) is 11.0 Å². The van der Waals surface area contributed by atoms with Gasteiger partial charge >= 0.3 is 0 Å². The molecule has 2 aromatic rings. The Kier molecular flexibility index (Phi) is 2.58. The summed E-state index contributed by atoms with van der Waals surface area (Å²) in [6.07, 6.45) is 2.62. The number of para-hydroxylation sites is 1. The van der Waals surface area contributed by atoms with Gasteiger partial charge in [0.05, 0.1) is 0 Å². The molecule has 15 heavy (non-hydrogen) atoms. The normalized spacial score (nSPS) is 10.2. The van der Waals surface area contributed by atoms with Gasteiger partial charge in [-0.2, -0.15) is 9.59 Å². The second-order valence-corrected chi connectivity index (χ2v) is 3.23. The van der Waals surface area contributed by atoms with Crippen molar-refractivity contribution in [3.63, 3.8) is 0 Å². The van der Waals surface area contributed by atoms with Crippen LogP contribution in [0.3, 0.4) is 0 Å². The van der Waals surface area contributed by atoms with Gasteiger partial charge < -0.3 is 5.73 Å². The number of nitrogens with zero attached hydrogens (tertiary/aromatic N) is 4. The smallest absolute Gasteiger partial charge is 0.143 e. The predicted molar refractivity (Wildman–Crippen MR) is 59.2 cm³/mol. The van der Waals surface area contributed by atoms with Crippen LogP contribution in [0.4, 0.5) is 0 Å². The first kappa shape index (κ1) is 9.58. The molecule has 0 fully saturated rings. The number of hydrogen-bond acceptors (Lipinski definition) is 2. The molecule has 0 spiro atoms. The predicted octanol–water partition coefficient (Wildman–Crippen LogP) is 2.22. The summed E-state index contributed by atoms with van der Waals surface area (Å²) in [5, 5.41) is 4.69. The lowest BCUT2D eigenvalue weighted by atomic mass is 10.1. The van der Waals surface area contributed by atoms with Gasteiger partial charge in [-0.25, -0.2) is 0 Å². The maximum absolute atomic E-state index is 8.43. The molecular weight excluding hydrogens is 190 g/mol. The molecule has 0 amide bonds. The van der Waals surface area contributed by atoms with Crippen LogP contribution in [0, 0.1) is 0 Å². The van der Waals surface area contributed by atoms with Crippen LogP contribution < -0.4 is 5.73 Å². The Labute approximate surface area is 86.7 Å². The van der Waals surface area contributed by atoms with Crippen molar-refractivity contribution in [1.82, 2.24) is 4.68 Å². The first-order valence-electron chi connectivity index (χ1n) is 4.71. The summed E-state index contributed by atoms with van der Waals surface area (Å²) in [6.45, 7) is 0.588. The van der Waals surface area contributed by atoms with Crippen LogP contribution in [0.15, 0.2) is 35.7 Å². The Bertz CT molecular complexity index is 522. The van der Waals surface area contributed by atoms with Crippen molar-refractivity contribution in [2.45, 2.75) is 6.42 Å². The van der Waals surface area contributed by atoms with E-state index >= 15 is 0 Å². The number of aromatic nitrogens is 1. The van der Waals surface area contributed by atoms with Gasteiger partial charge in [-0.1, -0.05) is 18.2 Å². The molecule has 0 atom stereocenters. The molecule has 0 saturated carbocycles. The fourth-order valence-electron chi connectivity index (χ4n) is 1.70. The average Bonchev–Trinajstić information content (AvgIpc) is 2.59. The zero-order chi connectivity index (χ0) is 10.7. The molecule has 1 aromatic heterocycles. The zero-order valence-electron chi connectivity index (χ0n) is 8.17. The fraction of sp³-hybridized carbons (Fsp3) is 0.200. The monoisotopic (exact) mass is 201 g/mol. The quantitative estimate of drug-likeness (QED) is 0.461. The molecule has 1 aromatic carbocycles. The van der Waals surface area contributed by atoms with Gasteiger partial charge in [0.2, 0.25) is 0 Å². The SMILES string of the molecule is [N-]=[N+]=Nn1cc(CCN)c2ccccc21. The lowest BCUT2D eigenvalue weighted by molar-refractivity contribution is 0.888. The van der Waals surface area contributed by atoms with Crippen LogP contribution in [0.2, 0.25) is 0 Å². The van der Waals surface area contributed by atoms with E-state index in [1.165, 1.54) is 0 Å². The number of rotatable bonds is 3. The Morgan fingerprint density at radius 2 is 2.20 bits per heavy atom. The third-order valence-corrected chi connectivity index (χ3v) is 2.32. The summed E-state index contributed by atoms with van der Waals surface area (Å²) in [7, 11) is 0. The van der Waals surface area contributed by atoms with Crippen LogP contribution in [-0.2, 0) is 6.42 Å². The highest BCUT2D eigenvalue weighted by Gasteiger charge is 2.09. The number of benzene rings is 1. The summed E-state index contributed by atoms with van der Waals surface area (Å²) in [5.41, 5.74) is 16.0. The summed E-state index contributed by atoms with van der Waals surface area (Å²) >= 11 is 0. The summed E-state index contributed by atoms with van der Waals surface area (Å²) in [5.74, 6) is 0. The van der Waals surface area contributed by atoms with Crippen molar-refractivity contribution >= 4 is 10.9 Å². The van der Waals surface area contributed by atoms with Crippen LogP contribution >= 0.6 is 0 Å². The first-order chi connectivity index (χ1) is 7.36. The van der Waals surface area contributed by atoms with Crippen LogP contribution in [-0.4, -0.2) is 11.2 Å². The summed E-state index contributed by atoms with van der Waals surface area (Å²) in [4.78, 5) is 2.79. The van der Waals surface area contributed by atoms with Gasteiger partial charge in [-0.05, 0) is 24.3 Å².